The van der Waals surface area contributed by atoms with Crippen LogP contribution in [0, 0.1) is 10.1 Å². The van der Waals surface area contributed by atoms with E-state index in [9.17, 15) is 26.9 Å². The monoisotopic (exact) mass is 451 g/mol. The summed E-state index contributed by atoms with van der Waals surface area (Å²) in [4.78, 5) is 10.2. The summed E-state index contributed by atoms with van der Waals surface area (Å²) in [7, 11) is -7.32. The van der Waals surface area contributed by atoms with E-state index in [1.165, 1.54) is 39.0 Å². The fraction of sp³-hybridized carbons (Fsp3) is 0.263. The molecule has 3 rings (SSSR count). The summed E-state index contributed by atoms with van der Waals surface area (Å²) in [5.41, 5.74) is 1.07. The molecule has 2 aromatic carbocycles. The maximum Gasteiger partial charge on any atom is 0.269 e. The lowest BCUT2D eigenvalue weighted by molar-refractivity contribution is -0.384. The summed E-state index contributed by atoms with van der Waals surface area (Å²) < 4.78 is 52.8. The van der Waals surface area contributed by atoms with Gasteiger partial charge in [-0.3, -0.25) is 10.1 Å². The minimum atomic E-state index is -3.67. The number of non-ortho nitro benzene ring substituents is 1. The van der Waals surface area contributed by atoms with Crippen LogP contribution in [-0.4, -0.2) is 56.5 Å². The summed E-state index contributed by atoms with van der Waals surface area (Å²) in [5, 5.41) is 11.8. The van der Waals surface area contributed by atoms with Crippen LogP contribution in [0.4, 0.5) is 5.69 Å². The Kier molecular flexibility index (Phi) is 6.66. The Hall–Kier alpha value is -2.60. The summed E-state index contributed by atoms with van der Waals surface area (Å²) in [5.74, 6) is -0.300. The number of hydrogen-bond donors (Lipinski definition) is 0. The average molecular weight is 452 g/mol. The van der Waals surface area contributed by atoms with E-state index < -0.39 is 25.0 Å². The highest BCUT2D eigenvalue weighted by Crippen LogP contribution is 2.18. The van der Waals surface area contributed by atoms with Crippen molar-refractivity contribution in [3.8, 4) is 0 Å². The topological polar surface area (TPSA) is 118 Å². The van der Waals surface area contributed by atoms with Gasteiger partial charge < -0.3 is 0 Å². The number of nitro groups is 1. The minimum Gasteiger partial charge on any atom is -0.258 e. The summed E-state index contributed by atoms with van der Waals surface area (Å²) >= 11 is 0. The highest BCUT2D eigenvalue weighted by Gasteiger charge is 2.31. The molecule has 1 fully saturated rings. The molecule has 0 unspecified atom stereocenters. The van der Waals surface area contributed by atoms with Gasteiger partial charge in [0.15, 0.2) is 0 Å². The SMILES string of the molecule is O=[N+]([O-])c1ccc(CS(=O)(=O)N2CCN(S(=O)(=O)/C=C/c3ccccc3)CC2)cc1. The zero-order chi connectivity index (χ0) is 21.8. The highest BCUT2D eigenvalue weighted by molar-refractivity contribution is 7.92. The van der Waals surface area contributed by atoms with Crippen molar-refractivity contribution in [2.45, 2.75) is 5.75 Å². The van der Waals surface area contributed by atoms with Crippen molar-refractivity contribution >= 4 is 31.8 Å². The Balaban J connectivity index is 1.61. The second-order valence-electron chi connectivity index (χ2n) is 6.74. The van der Waals surface area contributed by atoms with Crippen molar-refractivity contribution in [2.24, 2.45) is 0 Å². The van der Waals surface area contributed by atoms with Crippen LogP contribution in [0.15, 0.2) is 60.0 Å². The van der Waals surface area contributed by atoms with Crippen molar-refractivity contribution < 1.29 is 21.8 Å². The Morgan fingerprint density at radius 2 is 1.43 bits per heavy atom. The molecule has 1 heterocycles. The quantitative estimate of drug-likeness (QED) is 0.470. The van der Waals surface area contributed by atoms with Crippen LogP contribution >= 0.6 is 0 Å². The van der Waals surface area contributed by atoms with Crippen LogP contribution in [0.5, 0.6) is 0 Å². The number of nitrogens with zero attached hydrogens (tertiary/aromatic N) is 3. The molecule has 0 spiro atoms. The largest absolute Gasteiger partial charge is 0.269 e. The van der Waals surface area contributed by atoms with Gasteiger partial charge in [0.05, 0.1) is 10.7 Å². The van der Waals surface area contributed by atoms with Crippen molar-refractivity contribution in [1.82, 2.24) is 8.61 Å². The van der Waals surface area contributed by atoms with E-state index >= 15 is 0 Å². The van der Waals surface area contributed by atoms with Crippen molar-refractivity contribution in [3.05, 3.63) is 81.2 Å². The fourth-order valence-electron chi connectivity index (χ4n) is 3.03. The Bertz CT molecular complexity index is 1120. The molecule has 9 nitrogen and oxygen atoms in total. The van der Waals surface area contributed by atoms with Crippen LogP contribution in [0.2, 0.25) is 0 Å². The predicted molar refractivity (Wildman–Crippen MR) is 113 cm³/mol. The maximum absolute atomic E-state index is 12.7. The first kappa shape index (κ1) is 22.1. The number of benzene rings is 2. The zero-order valence-corrected chi connectivity index (χ0v) is 17.6. The summed E-state index contributed by atoms with van der Waals surface area (Å²) in [6.07, 6.45) is 1.51. The van der Waals surface area contributed by atoms with E-state index in [2.05, 4.69) is 0 Å². The molecule has 11 heteroatoms. The van der Waals surface area contributed by atoms with E-state index in [4.69, 9.17) is 0 Å². The van der Waals surface area contributed by atoms with Gasteiger partial charge >= 0.3 is 0 Å². The van der Waals surface area contributed by atoms with Gasteiger partial charge in [0.2, 0.25) is 20.0 Å². The first-order chi connectivity index (χ1) is 14.2. The lowest BCUT2D eigenvalue weighted by atomic mass is 10.2. The van der Waals surface area contributed by atoms with Crippen molar-refractivity contribution in [3.63, 3.8) is 0 Å². The van der Waals surface area contributed by atoms with Gasteiger partial charge in [-0.2, -0.15) is 8.61 Å². The number of piperazine rings is 1. The molecule has 0 aliphatic carbocycles. The van der Waals surface area contributed by atoms with Crippen LogP contribution < -0.4 is 0 Å². The number of nitro benzene ring substituents is 1. The van der Waals surface area contributed by atoms with Crippen molar-refractivity contribution in [1.29, 1.82) is 0 Å². The molecule has 0 radical (unpaired) electrons. The third-order valence-corrected chi connectivity index (χ3v) is 8.09. The number of sulfonamides is 2. The molecule has 0 atom stereocenters. The normalized spacial score (nSPS) is 16.7. The molecule has 0 N–H and O–H groups in total. The van der Waals surface area contributed by atoms with E-state index in [0.29, 0.717) is 5.56 Å². The predicted octanol–water partition coefficient (Wildman–Crippen LogP) is 2.04. The van der Waals surface area contributed by atoms with Crippen LogP contribution in [-0.2, 0) is 25.8 Å². The van der Waals surface area contributed by atoms with Gasteiger partial charge in [-0.25, -0.2) is 16.8 Å². The van der Waals surface area contributed by atoms with Gasteiger partial charge in [0.25, 0.3) is 5.69 Å². The van der Waals surface area contributed by atoms with Gasteiger partial charge in [0, 0.05) is 43.7 Å². The molecular weight excluding hydrogens is 430 g/mol. The molecule has 30 heavy (non-hydrogen) atoms. The maximum atomic E-state index is 12.7. The number of rotatable bonds is 7. The Labute approximate surface area is 175 Å². The molecule has 1 aliphatic rings. The molecule has 1 saturated heterocycles. The average Bonchev–Trinajstić information content (AvgIpc) is 2.73. The first-order valence-corrected chi connectivity index (χ1v) is 12.2. The minimum absolute atomic E-state index is 0.0493. The van der Waals surface area contributed by atoms with Crippen LogP contribution in [0.25, 0.3) is 6.08 Å². The van der Waals surface area contributed by atoms with Gasteiger partial charge in [0.1, 0.15) is 0 Å². The lowest BCUT2D eigenvalue weighted by Gasteiger charge is -2.32. The Morgan fingerprint density at radius 1 is 0.867 bits per heavy atom. The molecule has 0 saturated carbocycles. The molecular formula is C19H21N3O6S2. The molecule has 2 aromatic rings. The van der Waals surface area contributed by atoms with Crippen molar-refractivity contribution in [2.75, 3.05) is 26.2 Å². The van der Waals surface area contributed by atoms with E-state index in [1.807, 2.05) is 6.07 Å². The molecule has 0 aromatic heterocycles. The Morgan fingerprint density at radius 3 is 2.00 bits per heavy atom. The molecule has 1 aliphatic heterocycles. The molecule has 0 bridgehead atoms. The first-order valence-electron chi connectivity index (χ1n) is 9.12. The van der Waals surface area contributed by atoms with Gasteiger partial charge in [-0.05, 0) is 17.2 Å². The summed E-state index contributed by atoms with van der Waals surface area (Å²) in [6.45, 7) is 0.212. The zero-order valence-electron chi connectivity index (χ0n) is 16.0. The lowest BCUT2D eigenvalue weighted by Crippen LogP contribution is -2.50. The molecule has 0 amide bonds. The molecule has 160 valence electrons. The fourth-order valence-corrected chi connectivity index (χ4v) is 5.72. The van der Waals surface area contributed by atoms with E-state index in [-0.39, 0.29) is 37.6 Å². The van der Waals surface area contributed by atoms with Crippen LogP contribution in [0.3, 0.4) is 0 Å². The third kappa shape index (κ3) is 5.51. The standard InChI is InChI=1S/C19H21N3O6S2/c23-22(24)19-8-6-18(7-9-19)16-30(27,28)21-13-11-20(12-14-21)29(25,26)15-10-17-4-2-1-3-5-17/h1-10,15H,11-14,16H2/b15-10+. The van der Waals surface area contributed by atoms with E-state index in [1.54, 1.807) is 24.3 Å². The highest BCUT2D eigenvalue weighted by atomic mass is 32.2. The smallest absolute Gasteiger partial charge is 0.258 e. The summed E-state index contributed by atoms with van der Waals surface area (Å²) in [6, 6.07) is 14.4. The number of hydrogen-bond acceptors (Lipinski definition) is 6. The van der Waals surface area contributed by atoms with Gasteiger partial charge in [-0.1, -0.05) is 42.5 Å². The second kappa shape index (κ2) is 9.04. The van der Waals surface area contributed by atoms with E-state index in [0.717, 1.165) is 11.0 Å². The van der Waals surface area contributed by atoms with Crippen LogP contribution in [0.1, 0.15) is 11.1 Å². The third-order valence-electron chi connectivity index (χ3n) is 4.68. The second-order valence-corrected chi connectivity index (χ2v) is 10.5. The van der Waals surface area contributed by atoms with Gasteiger partial charge in [-0.15, -0.1) is 0 Å².